The lowest BCUT2D eigenvalue weighted by Crippen LogP contribution is -2.55. The second-order valence-corrected chi connectivity index (χ2v) is 14.7. The Hall–Kier alpha value is -3.38. The molecule has 0 aliphatic carbocycles. The summed E-state index contributed by atoms with van der Waals surface area (Å²) in [6, 6.07) is 14.3. The van der Waals surface area contributed by atoms with Crippen LogP contribution in [-0.4, -0.2) is 94.9 Å². The van der Waals surface area contributed by atoms with Crippen molar-refractivity contribution in [3.63, 3.8) is 0 Å². The Labute approximate surface area is 292 Å². The van der Waals surface area contributed by atoms with E-state index in [1.54, 1.807) is 19.1 Å². The van der Waals surface area contributed by atoms with Crippen LogP contribution in [0.3, 0.4) is 0 Å². The lowest BCUT2D eigenvalue weighted by atomic mass is 9.76. The summed E-state index contributed by atoms with van der Waals surface area (Å²) in [5.74, 6) is 0.407. The molecule has 0 aromatic heterocycles. The standard InChI is InChI=1S/C38H57N3O8/c1-37(2,3)49-36(43)41-24-34(48-26-28-11-14-33-32(21-28)40(16-18-47-33)15-8-17-44-6)31(22-30(41)23-38(4,5)35(39)42)29-12-9-27(10-13-29)25-46-20-19-45-7/h9-14,21,30-31,34H,8,15-20,22-26H2,1-7H3,(H2,39,42)/t30-,31+,34-/m0/s1. The average molecular weight is 684 g/mol. The van der Waals surface area contributed by atoms with E-state index in [1.807, 2.05) is 46.8 Å². The van der Waals surface area contributed by atoms with Gasteiger partial charge in [0.15, 0.2) is 0 Å². The molecule has 11 nitrogen and oxygen atoms in total. The number of amides is 2. The molecule has 2 aliphatic rings. The first-order valence-electron chi connectivity index (χ1n) is 17.4. The topological polar surface area (TPSA) is 122 Å². The Morgan fingerprint density at radius 1 is 0.939 bits per heavy atom. The zero-order valence-corrected chi connectivity index (χ0v) is 30.5. The summed E-state index contributed by atoms with van der Waals surface area (Å²) in [4.78, 5) is 30.3. The van der Waals surface area contributed by atoms with Crippen LogP contribution in [0.5, 0.6) is 5.75 Å². The normalized spacial score (nSPS) is 19.7. The maximum absolute atomic E-state index is 13.7. The number of nitrogens with zero attached hydrogens (tertiary/aromatic N) is 2. The third kappa shape index (κ3) is 11.1. The van der Waals surface area contributed by atoms with E-state index < -0.39 is 23.0 Å². The van der Waals surface area contributed by atoms with Crippen LogP contribution in [0.25, 0.3) is 0 Å². The largest absolute Gasteiger partial charge is 0.490 e. The maximum atomic E-state index is 13.7. The number of likely N-dealkylation sites (tertiary alicyclic amines) is 1. The smallest absolute Gasteiger partial charge is 0.410 e. The molecule has 272 valence electrons. The molecule has 0 unspecified atom stereocenters. The van der Waals surface area contributed by atoms with Gasteiger partial charge in [0.05, 0.1) is 51.3 Å². The zero-order valence-electron chi connectivity index (χ0n) is 30.5. The summed E-state index contributed by atoms with van der Waals surface area (Å²) < 4.78 is 34.7. The van der Waals surface area contributed by atoms with Gasteiger partial charge in [-0.15, -0.1) is 0 Å². The van der Waals surface area contributed by atoms with Gasteiger partial charge in [0.1, 0.15) is 18.0 Å². The molecule has 0 bridgehead atoms. The first-order chi connectivity index (χ1) is 23.3. The predicted molar refractivity (Wildman–Crippen MR) is 189 cm³/mol. The summed E-state index contributed by atoms with van der Waals surface area (Å²) >= 11 is 0. The average Bonchev–Trinajstić information content (AvgIpc) is 3.05. The minimum atomic E-state index is -0.826. The number of methoxy groups -OCH3 is 2. The highest BCUT2D eigenvalue weighted by Gasteiger charge is 2.44. The molecule has 2 N–H and O–H groups in total. The number of hydrogen-bond acceptors (Lipinski definition) is 9. The Kier molecular flexibility index (Phi) is 13.7. The zero-order chi connectivity index (χ0) is 35.6. The van der Waals surface area contributed by atoms with Crippen molar-refractivity contribution in [3.05, 3.63) is 59.2 Å². The van der Waals surface area contributed by atoms with Crippen LogP contribution in [0.2, 0.25) is 0 Å². The quantitative estimate of drug-likeness (QED) is 0.223. The molecule has 0 radical (unpaired) electrons. The molecular formula is C38H57N3O8. The molecule has 4 rings (SSSR count). The third-order valence-electron chi connectivity index (χ3n) is 9.16. The van der Waals surface area contributed by atoms with Crippen LogP contribution in [0.1, 0.15) is 76.5 Å². The first kappa shape index (κ1) is 38.4. The highest BCUT2D eigenvalue weighted by molar-refractivity contribution is 5.80. The second kappa shape index (κ2) is 17.5. The number of fused-ring (bicyclic) bond motifs is 1. The van der Waals surface area contributed by atoms with Gasteiger partial charge in [-0.3, -0.25) is 4.79 Å². The highest BCUT2D eigenvalue weighted by Crippen LogP contribution is 2.40. The lowest BCUT2D eigenvalue weighted by molar-refractivity contribution is -0.127. The fourth-order valence-electron chi connectivity index (χ4n) is 6.43. The van der Waals surface area contributed by atoms with Crippen LogP contribution in [0, 0.1) is 5.41 Å². The van der Waals surface area contributed by atoms with Crippen LogP contribution >= 0.6 is 0 Å². The third-order valence-corrected chi connectivity index (χ3v) is 9.16. The van der Waals surface area contributed by atoms with E-state index in [4.69, 9.17) is 34.2 Å². The van der Waals surface area contributed by atoms with E-state index in [9.17, 15) is 9.59 Å². The van der Waals surface area contributed by atoms with E-state index in [-0.39, 0.29) is 18.1 Å². The Bertz CT molecular complexity index is 1360. The van der Waals surface area contributed by atoms with Gasteiger partial charge in [-0.05, 0) is 68.9 Å². The molecule has 2 heterocycles. The fraction of sp³-hybridized carbons (Fsp3) is 0.632. The van der Waals surface area contributed by atoms with Crippen molar-refractivity contribution in [2.45, 2.75) is 90.8 Å². The molecular weight excluding hydrogens is 626 g/mol. The maximum Gasteiger partial charge on any atom is 0.410 e. The molecule has 3 atom stereocenters. The van der Waals surface area contributed by atoms with Gasteiger partial charge >= 0.3 is 6.09 Å². The van der Waals surface area contributed by atoms with E-state index in [0.29, 0.717) is 59.0 Å². The number of piperidine rings is 1. The van der Waals surface area contributed by atoms with Crippen molar-refractivity contribution in [2.75, 3.05) is 65.2 Å². The summed E-state index contributed by atoms with van der Waals surface area (Å²) in [6.45, 7) is 14.5. The molecule has 1 fully saturated rings. The number of carbonyl (C=O) groups excluding carboxylic acids is 2. The molecule has 1 saturated heterocycles. The first-order valence-corrected chi connectivity index (χ1v) is 17.4. The summed E-state index contributed by atoms with van der Waals surface area (Å²) in [5, 5.41) is 0. The van der Waals surface area contributed by atoms with Crippen molar-refractivity contribution in [3.8, 4) is 5.75 Å². The van der Waals surface area contributed by atoms with Crippen molar-refractivity contribution < 1.29 is 38.0 Å². The lowest BCUT2D eigenvalue weighted by Gasteiger charge is -2.46. The Morgan fingerprint density at radius 2 is 1.65 bits per heavy atom. The van der Waals surface area contributed by atoms with Crippen LogP contribution in [0.4, 0.5) is 10.5 Å². The molecule has 2 amide bonds. The van der Waals surface area contributed by atoms with Gasteiger partial charge in [0.25, 0.3) is 0 Å². The summed E-state index contributed by atoms with van der Waals surface area (Å²) in [7, 11) is 3.38. The van der Waals surface area contributed by atoms with Crippen molar-refractivity contribution >= 4 is 17.7 Å². The van der Waals surface area contributed by atoms with Gasteiger partial charge in [-0.2, -0.15) is 0 Å². The van der Waals surface area contributed by atoms with Gasteiger partial charge < -0.3 is 44.0 Å². The number of anilines is 1. The molecule has 2 aromatic rings. The molecule has 2 aliphatic heterocycles. The molecule has 49 heavy (non-hydrogen) atoms. The number of primary amides is 1. The number of ether oxygens (including phenoxy) is 6. The Morgan fingerprint density at radius 3 is 2.33 bits per heavy atom. The predicted octanol–water partition coefficient (Wildman–Crippen LogP) is 5.66. The molecule has 2 aromatic carbocycles. The van der Waals surface area contributed by atoms with Crippen molar-refractivity contribution in [1.29, 1.82) is 0 Å². The monoisotopic (exact) mass is 683 g/mol. The number of rotatable bonds is 16. The van der Waals surface area contributed by atoms with Crippen molar-refractivity contribution in [1.82, 2.24) is 4.90 Å². The minimum Gasteiger partial charge on any atom is -0.490 e. The summed E-state index contributed by atoms with van der Waals surface area (Å²) in [6.07, 6.45) is 1.14. The number of carbonyl (C=O) groups is 2. The second-order valence-electron chi connectivity index (χ2n) is 14.7. The van der Waals surface area contributed by atoms with E-state index >= 15 is 0 Å². The molecule has 0 spiro atoms. The van der Waals surface area contributed by atoms with Gasteiger partial charge in [0.2, 0.25) is 5.91 Å². The SMILES string of the molecule is COCCCN1CCOc2ccc(CO[C@H]3CN(C(=O)OC(C)(C)C)[C@H](CC(C)(C)C(N)=O)C[C@@H]3c3ccc(COCCOC)cc3)cc21. The number of benzene rings is 2. The number of hydrogen-bond donors (Lipinski definition) is 1. The highest BCUT2D eigenvalue weighted by atomic mass is 16.6. The van der Waals surface area contributed by atoms with Crippen molar-refractivity contribution in [2.24, 2.45) is 11.1 Å². The van der Waals surface area contributed by atoms with E-state index in [0.717, 1.165) is 47.6 Å². The van der Waals surface area contributed by atoms with Gasteiger partial charge in [0, 0.05) is 44.7 Å². The summed E-state index contributed by atoms with van der Waals surface area (Å²) in [5.41, 5.74) is 8.54. The Balaban J connectivity index is 1.61. The van der Waals surface area contributed by atoms with Crippen LogP contribution < -0.4 is 15.4 Å². The van der Waals surface area contributed by atoms with E-state index in [2.05, 4.69) is 35.2 Å². The van der Waals surface area contributed by atoms with E-state index in [1.165, 1.54) is 0 Å². The molecule has 11 heteroatoms. The van der Waals surface area contributed by atoms with Crippen LogP contribution in [-0.2, 0) is 41.7 Å². The minimum absolute atomic E-state index is 0.0534. The molecule has 0 saturated carbocycles. The number of nitrogens with two attached hydrogens (primary N) is 1. The van der Waals surface area contributed by atoms with Gasteiger partial charge in [-0.25, -0.2) is 4.79 Å². The van der Waals surface area contributed by atoms with Crippen LogP contribution in [0.15, 0.2) is 42.5 Å². The fourth-order valence-corrected chi connectivity index (χ4v) is 6.43. The van der Waals surface area contributed by atoms with Gasteiger partial charge in [-0.1, -0.05) is 44.2 Å².